The number of hydrogen-bond donors (Lipinski definition) is 0. The normalized spacial score (nSPS) is 12.8. The molecule has 0 radical (unpaired) electrons. The van der Waals surface area contributed by atoms with Crippen LogP contribution < -0.4 is 0 Å². The Morgan fingerprint density at radius 3 is 0.592 bits per heavy atom. The monoisotopic (exact) mass is 1610 g/mol. The fourth-order valence-electron chi connectivity index (χ4n) is 7.15. The topological polar surface area (TPSA) is 111 Å². The van der Waals surface area contributed by atoms with Crippen molar-refractivity contribution in [3.8, 4) is 0 Å². The van der Waals surface area contributed by atoms with Gasteiger partial charge in [-0.05, 0) is 55.6 Å². The summed E-state index contributed by atoms with van der Waals surface area (Å²) in [5.74, 6) is 0. The van der Waals surface area contributed by atoms with Crippen LogP contribution in [0.3, 0.4) is 0 Å². The first-order valence-corrected chi connectivity index (χ1v) is 33.3. The first kappa shape index (κ1) is 66.1. The Labute approximate surface area is 520 Å². The molecular formula is C59H75I5O12. The zero-order chi connectivity index (χ0) is 53.5. The summed E-state index contributed by atoms with van der Waals surface area (Å²) in [6.45, 7) is 8.43. The van der Waals surface area contributed by atoms with Gasteiger partial charge in [-0.15, -0.1) is 0 Å². The van der Waals surface area contributed by atoms with Gasteiger partial charge in [-0.2, -0.15) is 0 Å². The minimum atomic E-state index is -0.405. The molecule has 0 aliphatic heterocycles. The summed E-state index contributed by atoms with van der Waals surface area (Å²) in [6.07, 6.45) is -1.11. The predicted octanol–water partition coefficient (Wildman–Crippen LogP) is 13.0. The van der Waals surface area contributed by atoms with Gasteiger partial charge in [0, 0.05) is 22.1 Å². The Hall–Kier alpha value is -0.730. The van der Waals surface area contributed by atoms with Gasteiger partial charge in [0.05, 0.1) is 139 Å². The molecule has 0 amide bonds. The molecule has 2 atom stereocenters. The third-order valence-corrected chi connectivity index (χ3v) is 15.9. The molecule has 0 saturated carbocycles. The van der Waals surface area contributed by atoms with Crippen LogP contribution in [0.4, 0.5) is 0 Å². The van der Waals surface area contributed by atoms with Crippen LogP contribution in [-0.4, -0.2) is 124 Å². The van der Waals surface area contributed by atoms with E-state index in [2.05, 4.69) is 234 Å². The third kappa shape index (κ3) is 29.8. The summed E-state index contributed by atoms with van der Waals surface area (Å²) in [5, 5.41) is 0. The summed E-state index contributed by atoms with van der Waals surface area (Å²) in [4.78, 5) is 0. The van der Waals surface area contributed by atoms with E-state index in [0.29, 0.717) is 112 Å². The molecular weight excluding hydrogens is 1540 g/mol. The molecule has 0 aliphatic carbocycles. The number of alkyl halides is 5. The van der Waals surface area contributed by atoms with Crippen LogP contribution >= 0.6 is 113 Å². The second kappa shape index (κ2) is 43.0. The highest BCUT2D eigenvalue weighted by Crippen LogP contribution is 2.14. The van der Waals surface area contributed by atoms with Gasteiger partial charge in [0.15, 0.2) is 0 Å². The lowest BCUT2D eigenvalue weighted by Crippen LogP contribution is -2.34. The maximum Gasteiger partial charge on any atom is 0.104 e. The van der Waals surface area contributed by atoms with E-state index in [4.69, 9.17) is 56.8 Å². The van der Waals surface area contributed by atoms with Crippen LogP contribution in [0.15, 0.2) is 121 Å². The molecule has 0 bridgehead atoms. The Bertz CT molecular complexity index is 2050. The maximum atomic E-state index is 6.37. The van der Waals surface area contributed by atoms with E-state index in [-0.39, 0.29) is 38.6 Å². The standard InChI is InChI=1S/C59H75I5O12/c60-31-47-1-11-52(12-2-47)36-65-21-23-70-41-57(74-28-25-67-38-54-15-5-49(33-62)6-16-54)43-72-45-59(76-30-27-69-40-56-19-9-51(35-64)10-20-56)46-73-44-58(75-29-26-68-39-55-17-7-50(34-63)8-18-55)42-71-24-22-66-37-53-13-3-48(32-61)4-14-53/h1-20,57-59H,21-46H2. The molecule has 17 heteroatoms. The fraction of sp³-hybridized carbons (Fsp3) is 0.492. The zero-order valence-electron chi connectivity index (χ0n) is 43.5. The summed E-state index contributed by atoms with van der Waals surface area (Å²) in [7, 11) is 0. The molecule has 0 spiro atoms. The Morgan fingerprint density at radius 2 is 0.382 bits per heavy atom. The van der Waals surface area contributed by atoms with Gasteiger partial charge < -0.3 is 56.8 Å². The molecule has 5 rings (SSSR count). The molecule has 0 heterocycles. The van der Waals surface area contributed by atoms with Crippen LogP contribution in [0, 0.1) is 0 Å². The predicted molar refractivity (Wildman–Crippen MR) is 342 cm³/mol. The van der Waals surface area contributed by atoms with Crippen molar-refractivity contribution in [3.05, 3.63) is 177 Å². The largest absolute Gasteiger partial charge is 0.376 e. The van der Waals surface area contributed by atoms with Crippen LogP contribution in [-0.2, 0) is 112 Å². The SMILES string of the molecule is ICc1ccc(COCCOCC(COCC(COCC(COCCOCc2ccc(CI)cc2)OCCOCc2ccc(CI)cc2)OCCOCc2ccc(CI)cc2)OCCOCc2ccc(CI)cc2)cc1. The number of ether oxygens (including phenoxy) is 12. The highest BCUT2D eigenvalue weighted by Gasteiger charge is 2.18. The summed E-state index contributed by atoms with van der Waals surface area (Å²) >= 11 is 11.9. The van der Waals surface area contributed by atoms with Gasteiger partial charge in [0.25, 0.3) is 0 Å². The Balaban J connectivity index is 1.12. The highest BCUT2D eigenvalue weighted by molar-refractivity contribution is 14.1. The molecule has 418 valence electrons. The number of rotatable bonds is 45. The van der Waals surface area contributed by atoms with Gasteiger partial charge in [-0.3, -0.25) is 0 Å². The molecule has 2 unspecified atom stereocenters. The van der Waals surface area contributed by atoms with Crippen molar-refractivity contribution in [1.29, 1.82) is 0 Å². The van der Waals surface area contributed by atoms with Crippen molar-refractivity contribution < 1.29 is 56.8 Å². The summed E-state index contributed by atoms with van der Waals surface area (Å²) < 4.78 is 78.5. The second-order valence-corrected chi connectivity index (χ2v) is 21.5. The lowest BCUT2D eigenvalue weighted by Gasteiger charge is -2.23. The lowest BCUT2D eigenvalue weighted by atomic mass is 10.2. The highest BCUT2D eigenvalue weighted by atomic mass is 127. The van der Waals surface area contributed by atoms with E-state index in [1.54, 1.807) is 0 Å². The minimum absolute atomic E-state index is 0.258. The average Bonchev–Trinajstić information content (AvgIpc) is 3.46. The van der Waals surface area contributed by atoms with Crippen molar-refractivity contribution in [3.63, 3.8) is 0 Å². The molecule has 0 aromatic heterocycles. The van der Waals surface area contributed by atoms with Crippen molar-refractivity contribution in [1.82, 2.24) is 0 Å². The van der Waals surface area contributed by atoms with E-state index in [1.165, 1.54) is 27.8 Å². The molecule has 0 N–H and O–H groups in total. The number of hydrogen-bond acceptors (Lipinski definition) is 12. The number of benzene rings is 5. The van der Waals surface area contributed by atoms with E-state index in [9.17, 15) is 0 Å². The van der Waals surface area contributed by atoms with Gasteiger partial charge in [-0.25, -0.2) is 0 Å². The molecule has 0 fully saturated rings. The van der Waals surface area contributed by atoms with Gasteiger partial charge >= 0.3 is 0 Å². The third-order valence-electron chi connectivity index (χ3n) is 11.5. The van der Waals surface area contributed by atoms with Crippen molar-refractivity contribution in [2.45, 2.75) is 73.5 Å². The summed E-state index contributed by atoms with van der Waals surface area (Å²) in [5.41, 5.74) is 12.1. The summed E-state index contributed by atoms with van der Waals surface area (Å²) in [6, 6.07) is 42.5. The fourth-order valence-corrected chi connectivity index (χ4v) is 9.70. The maximum absolute atomic E-state index is 6.37. The van der Waals surface area contributed by atoms with Crippen LogP contribution in [0.1, 0.15) is 55.6 Å². The van der Waals surface area contributed by atoms with Crippen molar-refractivity contribution in [2.24, 2.45) is 0 Å². The Kier molecular flexibility index (Phi) is 37.4. The van der Waals surface area contributed by atoms with E-state index >= 15 is 0 Å². The molecule has 76 heavy (non-hydrogen) atoms. The minimum Gasteiger partial charge on any atom is -0.376 e. The molecule has 0 saturated heterocycles. The van der Waals surface area contributed by atoms with Crippen molar-refractivity contribution in [2.75, 3.05) is 106 Å². The number of halogens is 5. The Morgan fingerprint density at radius 1 is 0.211 bits per heavy atom. The molecule has 0 aliphatic rings. The zero-order valence-corrected chi connectivity index (χ0v) is 54.2. The van der Waals surface area contributed by atoms with Gasteiger partial charge in [0.2, 0.25) is 0 Å². The average molecular weight is 1610 g/mol. The van der Waals surface area contributed by atoms with Gasteiger partial charge in [0.1, 0.15) is 18.3 Å². The van der Waals surface area contributed by atoms with E-state index < -0.39 is 6.10 Å². The smallest absolute Gasteiger partial charge is 0.104 e. The molecule has 12 nitrogen and oxygen atoms in total. The van der Waals surface area contributed by atoms with Crippen molar-refractivity contribution >= 4 is 113 Å². The van der Waals surface area contributed by atoms with E-state index in [0.717, 1.165) is 50.0 Å². The quantitative estimate of drug-likeness (QED) is 0.0210. The van der Waals surface area contributed by atoms with Crippen LogP contribution in [0.2, 0.25) is 0 Å². The van der Waals surface area contributed by atoms with Crippen LogP contribution in [0.5, 0.6) is 0 Å². The lowest BCUT2D eigenvalue weighted by molar-refractivity contribution is -0.120. The first-order chi connectivity index (χ1) is 37.5. The van der Waals surface area contributed by atoms with E-state index in [1.807, 2.05) is 0 Å². The molecule has 5 aromatic rings. The second-order valence-electron chi connectivity index (χ2n) is 17.7. The van der Waals surface area contributed by atoms with Crippen LogP contribution in [0.25, 0.3) is 0 Å². The molecule has 5 aromatic carbocycles. The van der Waals surface area contributed by atoms with Gasteiger partial charge in [-0.1, -0.05) is 234 Å². The first-order valence-electron chi connectivity index (χ1n) is 25.7.